The molecule has 1 amide bonds. The van der Waals surface area contributed by atoms with E-state index in [1.807, 2.05) is 42.5 Å². The number of amides is 1. The van der Waals surface area contributed by atoms with Gasteiger partial charge in [0.2, 0.25) is 0 Å². The summed E-state index contributed by atoms with van der Waals surface area (Å²) < 4.78 is 10.5. The highest BCUT2D eigenvalue weighted by molar-refractivity contribution is 6.12. The topological polar surface area (TPSA) is 64.6 Å². The molecule has 0 spiro atoms. The first-order valence-electron chi connectivity index (χ1n) is 9.76. The summed E-state index contributed by atoms with van der Waals surface area (Å²) in [7, 11) is 3.05. The molecule has 5 heteroatoms. The van der Waals surface area contributed by atoms with Crippen molar-refractivity contribution < 1.29 is 19.1 Å². The molecule has 0 saturated carbocycles. The number of ketones is 1. The summed E-state index contributed by atoms with van der Waals surface area (Å²) in [6.07, 6.45) is 0. The normalized spacial score (nSPS) is 10.5. The molecular formula is C26H21NO4. The predicted molar refractivity (Wildman–Crippen MR) is 121 cm³/mol. The molecule has 4 rings (SSSR count). The van der Waals surface area contributed by atoms with E-state index >= 15 is 0 Å². The summed E-state index contributed by atoms with van der Waals surface area (Å²) in [4.78, 5) is 25.6. The molecule has 4 aromatic rings. The summed E-state index contributed by atoms with van der Waals surface area (Å²) in [5.41, 5.74) is 2.02. The zero-order valence-electron chi connectivity index (χ0n) is 17.2. The van der Waals surface area contributed by atoms with Crippen molar-refractivity contribution in [1.29, 1.82) is 0 Å². The fraction of sp³-hybridized carbons (Fsp3) is 0.0769. The van der Waals surface area contributed by atoms with Gasteiger partial charge in [0.15, 0.2) is 5.78 Å². The summed E-state index contributed by atoms with van der Waals surface area (Å²) in [6, 6.07) is 25.3. The van der Waals surface area contributed by atoms with Crippen LogP contribution in [0.1, 0.15) is 26.3 Å². The average molecular weight is 411 g/mol. The average Bonchev–Trinajstić information content (AvgIpc) is 2.83. The Morgan fingerprint density at radius 2 is 1.42 bits per heavy atom. The number of hydrogen-bond donors (Lipinski definition) is 1. The highest BCUT2D eigenvalue weighted by Crippen LogP contribution is 2.26. The summed E-state index contributed by atoms with van der Waals surface area (Å²) in [5.74, 6) is 0.574. The van der Waals surface area contributed by atoms with Crippen LogP contribution in [0.2, 0.25) is 0 Å². The van der Waals surface area contributed by atoms with Crippen LogP contribution in [0.15, 0.2) is 84.9 Å². The monoisotopic (exact) mass is 411 g/mol. The van der Waals surface area contributed by atoms with Gasteiger partial charge in [-0.05, 0) is 53.2 Å². The second kappa shape index (κ2) is 8.71. The van der Waals surface area contributed by atoms with Crippen LogP contribution in [0.25, 0.3) is 10.8 Å². The fourth-order valence-corrected chi connectivity index (χ4v) is 3.39. The van der Waals surface area contributed by atoms with Crippen molar-refractivity contribution in [3.63, 3.8) is 0 Å². The van der Waals surface area contributed by atoms with E-state index in [1.165, 1.54) is 7.11 Å². The van der Waals surface area contributed by atoms with Gasteiger partial charge in [0.1, 0.15) is 11.5 Å². The van der Waals surface area contributed by atoms with Gasteiger partial charge in [-0.3, -0.25) is 9.59 Å². The van der Waals surface area contributed by atoms with Crippen LogP contribution in [0.3, 0.4) is 0 Å². The lowest BCUT2D eigenvalue weighted by Crippen LogP contribution is -2.12. The van der Waals surface area contributed by atoms with E-state index in [9.17, 15) is 9.59 Å². The van der Waals surface area contributed by atoms with E-state index in [4.69, 9.17) is 9.47 Å². The van der Waals surface area contributed by atoms with Crippen LogP contribution >= 0.6 is 0 Å². The molecular weight excluding hydrogens is 390 g/mol. The Kier molecular flexibility index (Phi) is 5.67. The predicted octanol–water partition coefficient (Wildman–Crippen LogP) is 5.34. The minimum atomic E-state index is -0.242. The van der Waals surface area contributed by atoms with E-state index in [0.29, 0.717) is 33.9 Å². The van der Waals surface area contributed by atoms with Crippen molar-refractivity contribution in [2.45, 2.75) is 0 Å². The van der Waals surface area contributed by atoms with Crippen LogP contribution in [-0.2, 0) is 0 Å². The van der Waals surface area contributed by atoms with Crippen molar-refractivity contribution in [3.8, 4) is 11.5 Å². The Morgan fingerprint density at radius 3 is 2.13 bits per heavy atom. The number of nitrogens with one attached hydrogen (secondary N) is 1. The number of rotatable bonds is 6. The SMILES string of the molecule is COc1ccc(OC)c(C(=O)c2ccc(C(=O)Nc3ccc4ccccc4c3)cc2)c1. The molecule has 0 fully saturated rings. The number of methoxy groups -OCH3 is 2. The van der Waals surface area contributed by atoms with E-state index in [2.05, 4.69) is 5.32 Å². The second-order valence-electron chi connectivity index (χ2n) is 6.99. The first-order chi connectivity index (χ1) is 15.1. The summed E-state index contributed by atoms with van der Waals surface area (Å²) in [6.45, 7) is 0. The lowest BCUT2D eigenvalue weighted by Gasteiger charge is -2.10. The van der Waals surface area contributed by atoms with Gasteiger partial charge in [0, 0.05) is 16.8 Å². The Morgan fingerprint density at radius 1 is 0.710 bits per heavy atom. The number of carbonyl (C=O) groups is 2. The molecule has 0 saturated heterocycles. The molecule has 5 nitrogen and oxygen atoms in total. The molecule has 1 N–H and O–H groups in total. The smallest absolute Gasteiger partial charge is 0.255 e. The largest absolute Gasteiger partial charge is 0.497 e. The van der Waals surface area contributed by atoms with Gasteiger partial charge in [0.25, 0.3) is 5.91 Å². The van der Waals surface area contributed by atoms with Crippen LogP contribution in [0.5, 0.6) is 11.5 Å². The lowest BCUT2D eigenvalue weighted by molar-refractivity contribution is 0.101. The molecule has 154 valence electrons. The third-order valence-corrected chi connectivity index (χ3v) is 5.07. The van der Waals surface area contributed by atoms with Crippen LogP contribution < -0.4 is 14.8 Å². The minimum absolute atomic E-state index is 0.211. The van der Waals surface area contributed by atoms with Crippen LogP contribution in [0, 0.1) is 0 Å². The van der Waals surface area contributed by atoms with Gasteiger partial charge < -0.3 is 14.8 Å². The highest BCUT2D eigenvalue weighted by atomic mass is 16.5. The minimum Gasteiger partial charge on any atom is -0.497 e. The van der Waals surface area contributed by atoms with Gasteiger partial charge in [-0.25, -0.2) is 0 Å². The first kappa shape index (κ1) is 20.2. The third kappa shape index (κ3) is 4.26. The Labute approximate surface area is 180 Å². The third-order valence-electron chi connectivity index (χ3n) is 5.07. The van der Waals surface area contributed by atoms with Gasteiger partial charge in [-0.1, -0.05) is 42.5 Å². The molecule has 4 aromatic carbocycles. The van der Waals surface area contributed by atoms with E-state index < -0.39 is 0 Å². The van der Waals surface area contributed by atoms with Crippen molar-refractivity contribution in [1.82, 2.24) is 0 Å². The zero-order valence-corrected chi connectivity index (χ0v) is 17.2. The maximum absolute atomic E-state index is 13.0. The van der Waals surface area contributed by atoms with Gasteiger partial charge in [-0.2, -0.15) is 0 Å². The second-order valence-corrected chi connectivity index (χ2v) is 6.99. The summed E-state index contributed by atoms with van der Waals surface area (Å²) >= 11 is 0. The molecule has 0 bridgehead atoms. The lowest BCUT2D eigenvalue weighted by atomic mass is 10.0. The first-order valence-corrected chi connectivity index (χ1v) is 9.76. The quantitative estimate of drug-likeness (QED) is 0.435. The Bertz CT molecular complexity index is 1260. The Balaban J connectivity index is 1.53. The van der Waals surface area contributed by atoms with E-state index in [-0.39, 0.29) is 11.7 Å². The van der Waals surface area contributed by atoms with E-state index in [1.54, 1.807) is 49.6 Å². The number of benzene rings is 4. The Hall–Kier alpha value is -4.12. The number of hydrogen-bond acceptors (Lipinski definition) is 4. The highest BCUT2D eigenvalue weighted by Gasteiger charge is 2.16. The molecule has 0 unspecified atom stereocenters. The molecule has 0 aliphatic carbocycles. The summed E-state index contributed by atoms with van der Waals surface area (Å²) in [5, 5.41) is 5.06. The zero-order chi connectivity index (χ0) is 21.8. The van der Waals surface area contributed by atoms with Crippen molar-refractivity contribution in [3.05, 3.63) is 102 Å². The number of ether oxygens (including phenoxy) is 2. The van der Waals surface area contributed by atoms with Gasteiger partial charge in [0.05, 0.1) is 19.8 Å². The molecule has 31 heavy (non-hydrogen) atoms. The molecule has 0 atom stereocenters. The molecule has 0 aromatic heterocycles. The van der Waals surface area contributed by atoms with Gasteiger partial charge >= 0.3 is 0 Å². The van der Waals surface area contributed by atoms with Gasteiger partial charge in [-0.15, -0.1) is 0 Å². The molecule has 0 heterocycles. The van der Waals surface area contributed by atoms with Crippen LogP contribution in [0.4, 0.5) is 5.69 Å². The number of carbonyl (C=O) groups excluding carboxylic acids is 2. The standard InChI is InChI=1S/C26H21NO4/c1-30-22-13-14-24(31-2)23(16-22)25(28)18-7-9-19(10-8-18)26(29)27-21-12-11-17-5-3-4-6-20(17)15-21/h3-16H,1-2H3,(H,27,29). The van der Waals surface area contributed by atoms with Crippen molar-refractivity contribution in [2.24, 2.45) is 0 Å². The maximum atomic E-state index is 13.0. The molecule has 0 radical (unpaired) electrons. The fourth-order valence-electron chi connectivity index (χ4n) is 3.39. The van der Waals surface area contributed by atoms with Crippen molar-refractivity contribution in [2.75, 3.05) is 19.5 Å². The van der Waals surface area contributed by atoms with Crippen LogP contribution in [-0.4, -0.2) is 25.9 Å². The number of anilines is 1. The maximum Gasteiger partial charge on any atom is 0.255 e. The molecule has 0 aliphatic heterocycles. The van der Waals surface area contributed by atoms with Crippen molar-refractivity contribution >= 4 is 28.2 Å². The number of fused-ring (bicyclic) bond motifs is 1. The van der Waals surface area contributed by atoms with E-state index in [0.717, 1.165) is 10.8 Å². The molecule has 0 aliphatic rings.